The highest BCUT2D eigenvalue weighted by Crippen LogP contribution is 2.31. The first-order valence-electron chi connectivity index (χ1n) is 8.58. The fraction of sp³-hybridized carbons (Fsp3) is 0.300. The Balaban J connectivity index is 1.95. The molecule has 1 aromatic carbocycles. The second-order valence-corrected chi connectivity index (χ2v) is 6.49. The summed E-state index contributed by atoms with van der Waals surface area (Å²) in [6.07, 6.45) is 5.62. The van der Waals surface area contributed by atoms with Gasteiger partial charge in [0.15, 0.2) is 0 Å². The van der Waals surface area contributed by atoms with Gasteiger partial charge in [0, 0.05) is 22.9 Å². The van der Waals surface area contributed by atoms with Gasteiger partial charge in [0.05, 0.1) is 11.9 Å². The first kappa shape index (κ1) is 17.1. The molecule has 0 atom stereocenters. The number of H-pyrrole nitrogens is 1. The van der Waals surface area contributed by atoms with Crippen molar-refractivity contribution < 1.29 is 4.39 Å². The van der Waals surface area contributed by atoms with Crippen molar-refractivity contribution in [1.29, 1.82) is 0 Å². The largest absolute Gasteiger partial charge is 0.365 e. The quantitative estimate of drug-likeness (QED) is 0.644. The Kier molecular flexibility index (Phi) is 4.83. The van der Waals surface area contributed by atoms with Gasteiger partial charge in [-0.3, -0.25) is 5.10 Å². The molecule has 5 heteroatoms. The van der Waals surface area contributed by atoms with Gasteiger partial charge in [-0.05, 0) is 61.7 Å². The summed E-state index contributed by atoms with van der Waals surface area (Å²) in [6.45, 7) is 6.54. The number of aromatic nitrogens is 3. The van der Waals surface area contributed by atoms with Crippen molar-refractivity contribution in [2.24, 2.45) is 0 Å². The van der Waals surface area contributed by atoms with Crippen LogP contribution >= 0.6 is 0 Å². The van der Waals surface area contributed by atoms with Crippen LogP contribution in [0.2, 0.25) is 0 Å². The number of hydrogen-bond donors (Lipinski definition) is 2. The Morgan fingerprint density at radius 3 is 2.48 bits per heavy atom. The Morgan fingerprint density at radius 1 is 1.08 bits per heavy atom. The number of halogens is 1. The number of benzene rings is 1. The fourth-order valence-electron chi connectivity index (χ4n) is 2.74. The predicted octanol–water partition coefficient (Wildman–Crippen LogP) is 5.27. The number of nitrogens with zero attached hydrogens (tertiary/aromatic N) is 2. The zero-order valence-corrected chi connectivity index (χ0v) is 14.8. The first-order valence-corrected chi connectivity index (χ1v) is 8.58. The number of anilines is 1. The van der Waals surface area contributed by atoms with E-state index in [4.69, 9.17) is 0 Å². The monoisotopic (exact) mass is 338 g/mol. The van der Waals surface area contributed by atoms with Crippen molar-refractivity contribution >= 4 is 5.82 Å². The van der Waals surface area contributed by atoms with Crippen molar-refractivity contribution in [2.45, 2.75) is 39.2 Å². The zero-order valence-electron chi connectivity index (χ0n) is 14.8. The van der Waals surface area contributed by atoms with Crippen LogP contribution in [0.3, 0.4) is 0 Å². The molecule has 2 N–H and O–H groups in total. The molecule has 3 aromatic rings. The second-order valence-electron chi connectivity index (χ2n) is 6.49. The standard InChI is InChI=1S/C20H23FN4/c1-4-20(3,5-2)24-18-12-15(10-11-22-18)17-13-23-25-19(17)14-6-8-16(21)9-7-14/h6-13H,4-5H2,1-3H3,(H,22,24)(H,23,25). The van der Waals surface area contributed by atoms with Crippen LogP contribution in [0.5, 0.6) is 0 Å². The Morgan fingerprint density at radius 2 is 1.80 bits per heavy atom. The topological polar surface area (TPSA) is 53.6 Å². The van der Waals surface area contributed by atoms with Gasteiger partial charge in [-0.25, -0.2) is 9.37 Å². The van der Waals surface area contributed by atoms with Crippen LogP contribution in [-0.2, 0) is 0 Å². The van der Waals surface area contributed by atoms with Crippen LogP contribution in [0.15, 0.2) is 48.8 Å². The molecule has 0 aliphatic rings. The molecule has 0 fully saturated rings. The Bertz CT molecular complexity index is 835. The summed E-state index contributed by atoms with van der Waals surface area (Å²) in [6, 6.07) is 10.4. The van der Waals surface area contributed by atoms with Gasteiger partial charge >= 0.3 is 0 Å². The Hall–Kier alpha value is -2.69. The third kappa shape index (κ3) is 3.71. The summed E-state index contributed by atoms with van der Waals surface area (Å²) in [4.78, 5) is 4.45. The number of rotatable bonds is 6. The van der Waals surface area contributed by atoms with Crippen molar-refractivity contribution in [3.63, 3.8) is 0 Å². The first-order chi connectivity index (χ1) is 12.0. The SMILES string of the molecule is CCC(C)(CC)Nc1cc(-c2cn[nH]c2-c2ccc(F)cc2)ccn1. The molecule has 2 heterocycles. The molecular formula is C20H23FN4. The molecule has 0 spiro atoms. The number of nitrogens with one attached hydrogen (secondary N) is 2. The molecule has 3 rings (SSSR count). The van der Waals surface area contributed by atoms with Crippen LogP contribution in [0, 0.1) is 5.82 Å². The van der Waals surface area contributed by atoms with Crippen LogP contribution in [0.4, 0.5) is 10.2 Å². The summed E-state index contributed by atoms with van der Waals surface area (Å²) in [7, 11) is 0. The van der Waals surface area contributed by atoms with Gasteiger partial charge in [0.2, 0.25) is 0 Å². The second kappa shape index (κ2) is 7.05. The van der Waals surface area contributed by atoms with E-state index < -0.39 is 0 Å². The van der Waals surface area contributed by atoms with Crippen LogP contribution in [0.1, 0.15) is 33.6 Å². The van der Waals surface area contributed by atoms with E-state index in [1.165, 1.54) is 12.1 Å². The third-order valence-corrected chi connectivity index (χ3v) is 4.83. The maximum Gasteiger partial charge on any atom is 0.126 e. The summed E-state index contributed by atoms with van der Waals surface area (Å²) in [5.41, 5.74) is 3.76. The van der Waals surface area contributed by atoms with E-state index in [2.05, 4.69) is 41.3 Å². The number of hydrogen-bond acceptors (Lipinski definition) is 3. The van der Waals surface area contributed by atoms with Crippen LogP contribution < -0.4 is 5.32 Å². The lowest BCUT2D eigenvalue weighted by Crippen LogP contribution is -2.33. The lowest BCUT2D eigenvalue weighted by molar-refractivity contribution is 0.477. The van der Waals surface area contributed by atoms with E-state index in [1.54, 1.807) is 24.5 Å². The highest BCUT2D eigenvalue weighted by atomic mass is 19.1. The molecule has 0 aliphatic carbocycles. The molecule has 2 aromatic heterocycles. The summed E-state index contributed by atoms with van der Waals surface area (Å²) >= 11 is 0. The molecule has 0 unspecified atom stereocenters. The minimum absolute atomic E-state index is 0.0157. The normalized spacial score (nSPS) is 11.5. The number of pyridine rings is 1. The van der Waals surface area contributed by atoms with Crippen molar-refractivity contribution in [2.75, 3.05) is 5.32 Å². The fourth-order valence-corrected chi connectivity index (χ4v) is 2.74. The molecule has 0 saturated carbocycles. The lowest BCUT2D eigenvalue weighted by atomic mass is 9.95. The molecule has 130 valence electrons. The minimum Gasteiger partial charge on any atom is -0.365 e. The van der Waals surface area contributed by atoms with Crippen molar-refractivity contribution in [3.05, 3.63) is 54.6 Å². The molecule has 0 amide bonds. The summed E-state index contributed by atoms with van der Waals surface area (Å²) in [5, 5.41) is 10.7. The van der Waals surface area contributed by atoms with E-state index >= 15 is 0 Å². The van der Waals surface area contributed by atoms with Crippen LogP contribution in [0.25, 0.3) is 22.4 Å². The van der Waals surface area contributed by atoms with Crippen molar-refractivity contribution in [1.82, 2.24) is 15.2 Å². The van der Waals surface area contributed by atoms with Gasteiger partial charge in [0.25, 0.3) is 0 Å². The predicted molar refractivity (Wildman–Crippen MR) is 99.8 cm³/mol. The molecular weight excluding hydrogens is 315 g/mol. The average molecular weight is 338 g/mol. The van der Waals surface area contributed by atoms with E-state index in [1.807, 2.05) is 12.1 Å². The van der Waals surface area contributed by atoms with E-state index in [9.17, 15) is 4.39 Å². The van der Waals surface area contributed by atoms with Gasteiger partial charge in [-0.1, -0.05) is 13.8 Å². The van der Waals surface area contributed by atoms with Gasteiger partial charge in [0.1, 0.15) is 11.6 Å². The summed E-state index contributed by atoms with van der Waals surface area (Å²) in [5.74, 6) is 0.591. The Labute approximate surface area is 147 Å². The summed E-state index contributed by atoms with van der Waals surface area (Å²) < 4.78 is 13.2. The van der Waals surface area contributed by atoms with Crippen LogP contribution in [-0.4, -0.2) is 20.7 Å². The van der Waals surface area contributed by atoms with Gasteiger partial charge in [-0.15, -0.1) is 0 Å². The van der Waals surface area contributed by atoms with E-state index in [0.29, 0.717) is 0 Å². The molecule has 4 nitrogen and oxygen atoms in total. The molecule has 25 heavy (non-hydrogen) atoms. The molecule has 0 radical (unpaired) electrons. The minimum atomic E-state index is -0.251. The molecule has 0 bridgehead atoms. The highest BCUT2D eigenvalue weighted by Gasteiger charge is 2.20. The molecule has 0 aliphatic heterocycles. The lowest BCUT2D eigenvalue weighted by Gasteiger charge is -2.29. The van der Waals surface area contributed by atoms with E-state index in [-0.39, 0.29) is 11.4 Å². The van der Waals surface area contributed by atoms with Gasteiger partial charge < -0.3 is 5.32 Å². The number of aromatic amines is 1. The third-order valence-electron chi connectivity index (χ3n) is 4.83. The van der Waals surface area contributed by atoms with E-state index in [0.717, 1.165) is 41.0 Å². The highest BCUT2D eigenvalue weighted by molar-refractivity contribution is 5.81. The maximum atomic E-state index is 13.2. The van der Waals surface area contributed by atoms with Crippen molar-refractivity contribution in [3.8, 4) is 22.4 Å². The smallest absolute Gasteiger partial charge is 0.126 e. The molecule has 0 saturated heterocycles. The van der Waals surface area contributed by atoms with Gasteiger partial charge in [-0.2, -0.15) is 5.10 Å². The maximum absolute atomic E-state index is 13.2. The average Bonchev–Trinajstić information content (AvgIpc) is 3.12. The zero-order chi connectivity index (χ0) is 17.9.